The van der Waals surface area contributed by atoms with Crippen molar-refractivity contribution in [1.82, 2.24) is 0 Å². The average Bonchev–Trinajstić information content (AvgIpc) is 2.05. The second-order valence-corrected chi connectivity index (χ2v) is 3.82. The molecule has 0 aliphatic carbocycles. The molecule has 0 aromatic heterocycles. The maximum Gasteiger partial charge on any atom is 0.0621 e. The zero-order chi connectivity index (χ0) is 8.27. The minimum Gasteiger partial charge on any atom is -0.323 e. The first-order chi connectivity index (χ1) is 5.27. The second kappa shape index (κ2) is 4.27. The highest BCUT2D eigenvalue weighted by atomic mass is 127. The van der Waals surface area contributed by atoms with Gasteiger partial charge >= 0.3 is 0 Å². The van der Waals surface area contributed by atoms with Crippen LogP contribution in [0.4, 0.5) is 5.69 Å². The Balaban J connectivity index is 3.02. The van der Waals surface area contributed by atoms with E-state index in [0.29, 0.717) is 0 Å². The minimum absolute atomic E-state index is 0.860. The van der Waals surface area contributed by atoms with Crippen molar-refractivity contribution >= 4 is 44.2 Å². The summed E-state index contributed by atoms with van der Waals surface area (Å²) in [5.74, 6) is 5.30. The average molecular weight is 327 g/mol. The Morgan fingerprint density at radius 3 is 2.82 bits per heavy atom. The number of hydrogen-bond acceptors (Lipinski definition) is 2. The molecule has 0 aliphatic heterocycles. The monoisotopic (exact) mass is 326 g/mol. The van der Waals surface area contributed by atoms with Crippen LogP contribution in [0.25, 0.3) is 0 Å². The van der Waals surface area contributed by atoms with E-state index >= 15 is 0 Å². The topological polar surface area (TPSA) is 38.0 Å². The van der Waals surface area contributed by atoms with Crippen molar-refractivity contribution in [1.29, 1.82) is 0 Å². The van der Waals surface area contributed by atoms with E-state index < -0.39 is 0 Å². The van der Waals surface area contributed by atoms with Crippen LogP contribution in [0.1, 0.15) is 5.56 Å². The molecule has 2 nitrogen and oxygen atoms in total. The van der Waals surface area contributed by atoms with Crippen LogP contribution in [0, 0.1) is 3.57 Å². The van der Waals surface area contributed by atoms with Gasteiger partial charge in [0.25, 0.3) is 0 Å². The summed E-state index contributed by atoms with van der Waals surface area (Å²) in [6, 6.07) is 6.13. The summed E-state index contributed by atoms with van der Waals surface area (Å²) in [5, 5.41) is 0.860. The summed E-state index contributed by atoms with van der Waals surface area (Å²) < 4.78 is 1.13. The van der Waals surface area contributed by atoms with Gasteiger partial charge in [-0.25, -0.2) is 0 Å². The zero-order valence-corrected chi connectivity index (χ0v) is 9.52. The Morgan fingerprint density at radius 2 is 2.27 bits per heavy atom. The maximum atomic E-state index is 5.30. The zero-order valence-electron chi connectivity index (χ0n) is 5.77. The van der Waals surface area contributed by atoms with Gasteiger partial charge in [0, 0.05) is 8.90 Å². The van der Waals surface area contributed by atoms with E-state index in [4.69, 9.17) is 5.84 Å². The summed E-state index contributed by atoms with van der Waals surface area (Å²) >= 11 is 5.61. The summed E-state index contributed by atoms with van der Waals surface area (Å²) in [7, 11) is 0. The number of anilines is 1. The number of halogens is 2. The third kappa shape index (κ3) is 2.31. The molecular formula is C7H8BrIN2. The van der Waals surface area contributed by atoms with Crippen LogP contribution in [-0.4, -0.2) is 0 Å². The highest BCUT2D eigenvalue weighted by Crippen LogP contribution is 2.19. The van der Waals surface area contributed by atoms with Crippen LogP contribution in [0.15, 0.2) is 18.2 Å². The van der Waals surface area contributed by atoms with Crippen LogP contribution in [0.5, 0.6) is 0 Å². The van der Waals surface area contributed by atoms with E-state index in [2.05, 4.69) is 50.0 Å². The molecule has 1 aromatic rings. The van der Waals surface area contributed by atoms with E-state index in [1.165, 1.54) is 5.56 Å². The van der Waals surface area contributed by atoms with Crippen LogP contribution in [0.3, 0.4) is 0 Å². The molecule has 0 atom stereocenters. The van der Waals surface area contributed by atoms with Gasteiger partial charge in [-0.15, -0.1) is 0 Å². The van der Waals surface area contributed by atoms with E-state index in [1.807, 2.05) is 12.1 Å². The fourth-order valence-electron chi connectivity index (χ4n) is 0.766. The van der Waals surface area contributed by atoms with Crippen LogP contribution in [-0.2, 0) is 5.33 Å². The van der Waals surface area contributed by atoms with Crippen LogP contribution >= 0.6 is 38.5 Å². The number of rotatable bonds is 2. The number of nitrogens with two attached hydrogens (primary N) is 1. The Bertz CT molecular complexity index is 252. The number of benzene rings is 1. The summed E-state index contributed by atoms with van der Waals surface area (Å²) in [4.78, 5) is 0. The van der Waals surface area contributed by atoms with E-state index in [1.54, 1.807) is 0 Å². The van der Waals surface area contributed by atoms with E-state index in [9.17, 15) is 0 Å². The van der Waals surface area contributed by atoms with E-state index in [0.717, 1.165) is 14.6 Å². The lowest BCUT2D eigenvalue weighted by atomic mass is 10.2. The third-order valence-corrected chi connectivity index (χ3v) is 2.93. The number of hydrogen-bond donors (Lipinski definition) is 2. The molecule has 0 aliphatic rings. The Morgan fingerprint density at radius 1 is 1.55 bits per heavy atom. The van der Waals surface area contributed by atoms with Gasteiger partial charge in [-0.2, -0.15) is 0 Å². The predicted octanol–water partition coefficient (Wildman–Crippen LogP) is 2.47. The molecule has 0 fully saturated rings. The summed E-state index contributed by atoms with van der Waals surface area (Å²) in [6.07, 6.45) is 0. The number of nitrogens with one attached hydrogen (secondary N) is 1. The molecule has 0 saturated carbocycles. The normalized spacial score (nSPS) is 9.73. The summed E-state index contributed by atoms with van der Waals surface area (Å²) in [5.41, 5.74) is 4.84. The summed E-state index contributed by atoms with van der Waals surface area (Å²) in [6.45, 7) is 0. The molecule has 0 amide bonds. The van der Waals surface area contributed by atoms with Crippen molar-refractivity contribution in [3.8, 4) is 0 Å². The molecule has 0 heterocycles. The van der Waals surface area contributed by atoms with Crippen LogP contribution in [0.2, 0.25) is 0 Å². The molecule has 1 rings (SSSR count). The van der Waals surface area contributed by atoms with Crippen LogP contribution < -0.4 is 11.3 Å². The highest BCUT2D eigenvalue weighted by Gasteiger charge is 1.97. The molecular weight excluding hydrogens is 319 g/mol. The van der Waals surface area contributed by atoms with Gasteiger partial charge in [0.15, 0.2) is 0 Å². The lowest BCUT2D eigenvalue weighted by Crippen LogP contribution is -2.08. The number of hydrazine groups is 1. The maximum absolute atomic E-state index is 5.30. The van der Waals surface area contributed by atoms with Gasteiger partial charge in [-0.05, 0) is 40.3 Å². The minimum atomic E-state index is 0.860. The molecule has 60 valence electrons. The third-order valence-electron chi connectivity index (χ3n) is 1.34. The van der Waals surface area contributed by atoms with Gasteiger partial charge in [-0.1, -0.05) is 22.0 Å². The molecule has 11 heavy (non-hydrogen) atoms. The molecule has 1 aromatic carbocycles. The Kier molecular flexibility index (Phi) is 3.61. The van der Waals surface area contributed by atoms with Gasteiger partial charge in [0.05, 0.1) is 5.69 Å². The Hall–Kier alpha value is 0.190. The highest BCUT2D eigenvalue weighted by molar-refractivity contribution is 14.1. The lowest BCUT2D eigenvalue weighted by Gasteiger charge is -2.04. The van der Waals surface area contributed by atoms with Crippen molar-refractivity contribution in [2.24, 2.45) is 5.84 Å². The first-order valence-electron chi connectivity index (χ1n) is 3.09. The molecule has 0 unspecified atom stereocenters. The molecule has 0 radical (unpaired) electrons. The van der Waals surface area contributed by atoms with Crippen molar-refractivity contribution in [2.75, 3.05) is 5.43 Å². The first kappa shape index (κ1) is 9.28. The molecule has 4 heteroatoms. The standard InChI is InChI=1S/C7H8BrIN2/c8-4-5-1-2-6(9)7(3-5)11-10/h1-3,11H,4,10H2. The predicted molar refractivity (Wildman–Crippen MR) is 59.6 cm³/mol. The quantitative estimate of drug-likeness (QED) is 0.379. The SMILES string of the molecule is NNc1cc(CBr)ccc1I. The van der Waals surface area contributed by atoms with Gasteiger partial charge in [0.2, 0.25) is 0 Å². The van der Waals surface area contributed by atoms with Crippen molar-refractivity contribution < 1.29 is 0 Å². The van der Waals surface area contributed by atoms with Crippen molar-refractivity contribution in [2.45, 2.75) is 5.33 Å². The van der Waals surface area contributed by atoms with Crippen molar-refractivity contribution in [3.05, 3.63) is 27.3 Å². The fourth-order valence-corrected chi connectivity index (χ4v) is 1.61. The largest absolute Gasteiger partial charge is 0.323 e. The number of alkyl halides is 1. The lowest BCUT2D eigenvalue weighted by molar-refractivity contribution is 1.31. The first-order valence-corrected chi connectivity index (χ1v) is 5.29. The van der Waals surface area contributed by atoms with Gasteiger partial charge in [0.1, 0.15) is 0 Å². The Labute approximate surface area is 87.8 Å². The van der Waals surface area contributed by atoms with Gasteiger partial charge in [-0.3, -0.25) is 5.84 Å². The number of nitrogen functional groups attached to an aromatic ring is 1. The second-order valence-electron chi connectivity index (χ2n) is 2.09. The molecule has 0 saturated heterocycles. The molecule has 0 bridgehead atoms. The molecule has 3 N–H and O–H groups in total. The smallest absolute Gasteiger partial charge is 0.0621 e. The van der Waals surface area contributed by atoms with Gasteiger partial charge < -0.3 is 5.43 Å². The van der Waals surface area contributed by atoms with E-state index in [-0.39, 0.29) is 0 Å². The molecule has 0 spiro atoms. The fraction of sp³-hybridized carbons (Fsp3) is 0.143. The van der Waals surface area contributed by atoms with Crippen molar-refractivity contribution in [3.63, 3.8) is 0 Å².